The highest BCUT2D eigenvalue weighted by Crippen LogP contribution is 2.25. The SMILES string of the molecule is CC(=O)c1cc(Cl)ccc1OC(=O)c1nc(S(=O)(=O)Cc2ccc(F)cc2)ncc1Cl. The van der Waals surface area contributed by atoms with Crippen molar-refractivity contribution in [2.75, 3.05) is 0 Å². The van der Waals surface area contributed by atoms with Gasteiger partial charge in [-0.3, -0.25) is 4.79 Å². The number of ketones is 1. The van der Waals surface area contributed by atoms with Crippen molar-refractivity contribution in [3.8, 4) is 5.75 Å². The van der Waals surface area contributed by atoms with Crippen molar-refractivity contribution in [1.82, 2.24) is 9.97 Å². The highest BCUT2D eigenvalue weighted by atomic mass is 35.5. The van der Waals surface area contributed by atoms with Crippen LogP contribution in [0.2, 0.25) is 10.0 Å². The number of nitrogens with zero attached hydrogens (tertiary/aromatic N) is 2. The second-order valence-corrected chi connectivity index (χ2v) is 9.05. The minimum atomic E-state index is -4.08. The van der Waals surface area contributed by atoms with E-state index in [1.54, 1.807) is 0 Å². The Morgan fingerprint density at radius 1 is 1.10 bits per heavy atom. The normalized spacial score (nSPS) is 11.2. The van der Waals surface area contributed by atoms with E-state index >= 15 is 0 Å². The van der Waals surface area contributed by atoms with Gasteiger partial charge in [-0.15, -0.1) is 0 Å². The maximum Gasteiger partial charge on any atom is 0.364 e. The van der Waals surface area contributed by atoms with Gasteiger partial charge in [-0.2, -0.15) is 0 Å². The van der Waals surface area contributed by atoms with Crippen molar-refractivity contribution in [2.24, 2.45) is 0 Å². The van der Waals surface area contributed by atoms with Crippen molar-refractivity contribution in [2.45, 2.75) is 17.8 Å². The van der Waals surface area contributed by atoms with Crippen LogP contribution in [0.15, 0.2) is 53.8 Å². The van der Waals surface area contributed by atoms with Crippen LogP contribution < -0.4 is 4.74 Å². The number of benzene rings is 2. The number of hydrogen-bond donors (Lipinski definition) is 0. The van der Waals surface area contributed by atoms with Gasteiger partial charge in [0.15, 0.2) is 11.5 Å². The van der Waals surface area contributed by atoms with Crippen LogP contribution in [0.5, 0.6) is 5.75 Å². The second kappa shape index (κ2) is 9.09. The number of hydrogen-bond acceptors (Lipinski definition) is 7. The summed E-state index contributed by atoms with van der Waals surface area (Å²) in [6, 6.07) is 8.91. The van der Waals surface area contributed by atoms with E-state index in [4.69, 9.17) is 27.9 Å². The third-order valence-electron chi connectivity index (χ3n) is 3.99. The molecule has 0 N–H and O–H groups in total. The highest BCUT2D eigenvalue weighted by Gasteiger charge is 2.25. The molecule has 1 aromatic heterocycles. The van der Waals surface area contributed by atoms with Crippen molar-refractivity contribution in [3.05, 3.63) is 81.3 Å². The lowest BCUT2D eigenvalue weighted by Gasteiger charge is -2.10. The van der Waals surface area contributed by atoms with Gasteiger partial charge in [-0.25, -0.2) is 27.6 Å². The van der Waals surface area contributed by atoms with E-state index in [0.29, 0.717) is 5.56 Å². The summed E-state index contributed by atoms with van der Waals surface area (Å²) >= 11 is 11.8. The predicted octanol–water partition coefficient (Wildman–Crippen LogP) is 4.32. The van der Waals surface area contributed by atoms with E-state index in [-0.39, 0.29) is 21.4 Å². The molecule has 0 fully saturated rings. The van der Waals surface area contributed by atoms with Gasteiger partial charge in [-0.05, 0) is 42.8 Å². The average Bonchev–Trinajstić information content (AvgIpc) is 2.70. The molecule has 7 nitrogen and oxygen atoms in total. The van der Waals surface area contributed by atoms with E-state index in [0.717, 1.165) is 18.3 Å². The van der Waals surface area contributed by atoms with Crippen LogP contribution in [-0.4, -0.2) is 30.1 Å². The Bertz CT molecular complexity index is 1280. The zero-order valence-corrected chi connectivity index (χ0v) is 18.1. The molecule has 160 valence electrons. The topological polar surface area (TPSA) is 103 Å². The lowest BCUT2D eigenvalue weighted by Crippen LogP contribution is -2.17. The van der Waals surface area contributed by atoms with Crippen LogP contribution >= 0.6 is 23.2 Å². The van der Waals surface area contributed by atoms with Crippen molar-refractivity contribution < 1.29 is 27.1 Å². The van der Waals surface area contributed by atoms with Crippen LogP contribution in [0.25, 0.3) is 0 Å². The van der Waals surface area contributed by atoms with Crippen LogP contribution in [0.1, 0.15) is 33.3 Å². The number of aromatic nitrogens is 2. The number of esters is 1. The van der Waals surface area contributed by atoms with Crippen molar-refractivity contribution in [1.29, 1.82) is 0 Å². The maximum atomic E-state index is 13.0. The predicted molar refractivity (Wildman–Crippen MR) is 111 cm³/mol. The average molecular weight is 483 g/mol. The van der Waals surface area contributed by atoms with Gasteiger partial charge < -0.3 is 4.74 Å². The Hall–Kier alpha value is -2.88. The number of Topliss-reactive ketones (excluding diaryl/α,β-unsaturated/α-hetero) is 1. The van der Waals surface area contributed by atoms with Crippen LogP contribution in [0.4, 0.5) is 4.39 Å². The number of ether oxygens (including phenoxy) is 1. The van der Waals surface area contributed by atoms with E-state index in [1.165, 1.54) is 37.3 Å². The molecule has 0 radical (unpaired) electrons. The second-order valence-electron chi connectivity index (χ2n) is 6.32. The molecule has 3 aromatic rings. The molecule has 0 atom stereocenters. The molecule has 0 aliphatic heterocycles. The maximum absolute atomic E-state index is 13.0. The Morgan fingerprint density at radius 3 is 2.42 bits per heavy atom. The molecule has 0 amide bonds. The summed E-state index contributed by atoms with van der Waals surface area (Å²) < 4.78 is 43.5. The molecule has 0 aliphatic carbocycles. The molecular formula is C20H13Cl2FN2O5S. The van der Waals surface area contributed by atoms with Crippen LogP contribution in [-0.2, 0) is 15.6 Å². The molecule has 0 unspecified atom stereocenters. The third-order valence-corrected chi connectivity index (χ3v) is 5.97. The first-order valence-electron chi connectivity index (χ1n) is 8.59. The quantitative estimate of drug-likeness (QED) is 0.223. The highest BCUT2D eigenvalue weighted by molar-refractivity contribution is 7.90. The Balaban J connectivity index is 1.91. The molecule has 0 bridgehead atoms. The van der Waals surface area contributed by atoms with E-state index in [2.05, 4.69) is 9.97 Å². The lowest BCUT2D eigenvalue weighted by atomic mass is 10.1. The molecule has 2 aromatic carbocycles. The molecule has 31 heavy (non-hydrogen) atoms. The Kier molecular flexibility index (Phi) is 6.68. The van der Waals surface area contributed by atoms with E-state index in [1.807, 2.05) is 0 Å². The minimum absolute atomic E-state index is 0.0511. The lowest BCUT2D eigenvalue weighted by molar-refractivity contribution is 0.0725. The fourth-order valence-corrected chi connectivity index (χ4v) is 4.07. The van der Waals surface area contributed by atoms with Gasteiger partial charge in [0.05, 0.1) is 22.5 Å². The summed E-state index contributed by atoms with van der Waals surface area (Å²) in [4.78, 5) is 31.8. The zero-order chi connectivity index (χ0) is 22.8. The fraction of sp³-hybridized carbons (Fsp3) is 0.100. The fourth-order valence-electron chi connectivity index (χ4n) is 2.52. The summed E-state index contributed by atoms with van der Waals surface area (Å²) in [5.74, 6) is -2.61. The standard InChI is InChI=1S/C20H13Cl2FN2O5S/c1-11(26)15-8-13(21)4-7-17(15)30-19(27)18-16(22)9-24-20(25-18)31(28,29)10-12-2-5-14(23)6-3-12/h2-9H,10H2,1H3. The number of rotatable bonds is 6. The number of halogens is 3. The van der Waals surface area contributed by atoms with Crippen molar-refractivity contribution in [3.63, 3.8) is 0 Å². The molecule has 0 spiro atoms. The number of carbonyl (C=O) groups is 2. The first kappa shape index (κ1) is 22.8. The van der Waals surface area contributed by atoms with E-state index < -0.39 is 44.0 Å². The molecule has 1 heterocycles. The van der Waals surface area contributed by atoms with Crippen LogP contribution in [0.3, 0.4) is 0 Å². The minimum Gasteiger partial charge on any atom is -0.421 e. The summed E-state index contributed by atoms with van der Waals surface area (Å²) in [6.45, 7) is 1.26. The van der Waals surface area contributed by atoms with Gasteiger partial charge >= 0.3 is 5.97 Å². The first-order valence-corrected chi connectivity index (χ1v) is 11.0. The number of carbonyl (C=O) groups excluding carboxylic acids is 2. The van der Waals surface area contributed by atoms with Crippen LogP contribution in [0, 0.1) is 5.82 Å². The molecule has 11 heteroatoms. The summed E-state index contributed by atoms with van der Waals surface area (Å²) in [5, 5.41) is -0.639. The third kappa shape index (κ3) is 5.43. The molecule has 0 saturated carbocycles. The van der Waals surface area contributed by atoms with E-state index in [9.17, 15) is 22.4 Å². The summed E-state index contributed by atoms with van der Waals surface area (Å²) in [5.41, 5.74) is -0.148. The molecule has 0 saturated heterocycles. The summed E-state index contributed by atoms with van der Waals surface area (Å²) in [6.07, 6.45) is 0.955. The summed E-state index contributed by atoms with van der Waals surface area (Å²) in [7, 11) is -4.08. The Morgan fingerprint density at radius 2 is 1.77 bits per heavy atom. The van der Waals surface area contributed by atoms with Crippen molar-refractivity contribution >= 4 is 44.8 Å². The molecular weight excluding hydrogens is 470 g/mol. The zero-order valence-electron chi connectivity index (χ0n) is 15.8. The Labute approximate surface area is 186 Å². The van der Waals surface area contributed by atoms with Gasteiger partial charge in [0.2, 0.25) is 15.0 Å². The first-order chi connectivity index (χ1) is 14.6. The number of sulfone groups is 1. The van der Waals surface area contributed by atoms with Gasteiger partial charge in [0, 0.05) is 5.02 Å². The smallest absolute Gasteiger partial charge is 0.364 e. The molecule has 0 aliphatic rings. The monoisotopic (exact) mass is 482 g/mol. The largest absolute Gasteiger partial charge is 0.421 e. The van der Waals surface area contributed by atoms with Gasteiger partial charge in [-0.1, -0.05) is 35.3 Å². The van der Waals surface area contributed by atoms with Gasteiger partial charge in [0.1, 0.15) is 11.6 Å². The molecule has 3 rings (SSSR count). The van der Waals surface area contributed by atoms with Gasteiger partial charge in [0.25, 0.3) is 0 Å².